The highest BCUT2D eigenvalue weighted by Crippen LogP contribution is 2.32. The molecule has 6 heteroatoms. The van der Waals surface area contributed by atoms with Crippen LogP contribution in [0.1, 0.15) is 17.5 Å². The van der Waals surface area contributed by atoms with Crippen LogP contribution in [0.5, 0.6) is 0 Å². The summed E-state index contributed by atoms with van der Waals surface area (Å²) in [5, 5.41) is 8.08. The lowest BCUT2D eigenvalue weighted by Gasteiger charge is -2.18. The molecule has 37 heavy (non-hydrogen) atoms. The second kappa shape index (κ2) is 9.66. The number of aromatic nitrogens is 2. The predicted molar refractivity (Wildman–Crippen MR) is 146 cm³/mol. The first-order valence-corrected chi connectivity index (χ1v) is 12.2. The Balaban J connectivity index is 0.000000141. The second-order valence-corrected chi connectivity index (χ2v) is 9.17. The Hall–Kier alpha value is -4.84. The maximum atomic E-state index is 11.4. The van der Waals surface area contributed by atoms with Gasteiger partial charge in [0, 0.05) is 53.5 Å². The molecule has 2 aliphatic rings. The van der Waals surface area contributed by atoms with Gasteiger partial charge in [-0.1, -0.05) is 42.5 Å². The lowest BCUT2D eigenvalue weighted by atomic mass is 9.95. The molecule has 2 aliphatic heterocycles. The molecule has 0 aliphatic carbocycles. The molecule has 4 heterocycles. The zero-order chi connectivity index (χ0) is 25.2. The van der Waals surface area contributed by atoms with E-state index in [2.05, 4.69) is 38.8 Å². The lowest BCUT2D eigenvalue weighted by Crippen LogP contribution is -2.18. The summed E-state index contributed by atoms with van der Waals surface area (Å²) < 4.78 is 0. The van der Waals surface area contributed by atoms with Crippen molar-refractivity contribution in [3.8, 4) is 22.3 Å². The Morgan fingerprint density at radius 1 is 0.622 bits per heavy atom. The van der Waals surface area contributed by atoms with Crippen molar-refractivity contribution < 1.29 is 9.59 Å². The third kappa shape index (κ3) is 4.69. The van der Waals surface area contributed by atoms with Gasteiger partial charge in [0.15, 0.2) is 0 Å². The van der Waals surface area contributed by atoms with Crippen LogP contribution in [0.15, 0.2) is 97.6 Å². The van der Waals surface area contributed by atoms with Crippen LogP contribution in [0.25, 0.3) is 33.0 Å². The number of carbonyl (C=O) groups excluding carboxylic acids is 2. The number of nitrogens with one attached hydrogen (secondary N) is 2. The Morgan fingerprint density at radius 3 is 2.27 bits per heavy atom. The van der Waals surface area contributed by atoms with E-state index in [0.29, 0.717) is 12.8 Å². The molecule has 5 aromatic rings. The van der Waals surface area contributed by atoms with Gasteiger partial charge in [-0.05, 0) is 70.0 Å². The van der Waals surface area contributed by atoms with E-state index in [1.54, 1.807) is 6.20 Å². The lowest BCUT2D eigenvalue weighted by molar-refractivity contribution is -0.116. The van der Waals surface area contributed by atoms with Crippen LogP contribution in [0.4, 0.5) is 11.4 Å². The minimum Gasteiger partial charge on any atom is -0.326 e. The molecule has 0 unspecified atom stereocenters. The summed E-state index contributed by atoms with van der Waals surface area (Å²) in [6.07, 6.45) is 9.21. The number of fused-ring (bicyclic) bond motifs is 3. The Kier molecular flexibility index (Phi) is 5.91. The van der Waals surface area contributed by atoms with Crippen molar-refractivity contribution in [2.24, 2.45) is 0 Å². The van der Waals surface area contributed by atoms with Gasteiger partial charge in [0.25, 0.3) is 0 Å². The van der Waals surface area contributed by atoms with Gasteiger partial charge in [-0.15, -0.1) is 0 Å². The normalized spacial score (nSPS) is 13.6. The Labute approximate surface area is 214 Å². The van der Waals surface area contributed by atoms with Crippen LogP contribution in [0, 0.1) is 0 Å². The van der Waals surface area contributed by atoms with Crippen molar-refractivity contribution in [3.05, 3.63) is 109 Å². The SMILES string of the molecule is O=C1CCc2cc(-c3cncc4ccccc34)ccc2N1.O=C1Cc2cc(-c3cccnc3)ccc2N1. The van der Waals surface area contributed by atoms with Gasteiger partial charge in [-0.3, -0.25) is 19.6 Å². The molecule has 0 saturated heterocycles. The number of nitrogens with zero attached hydrogens (tertiary/aromatic N) is 2. The summed E-state index contributed by atoms with van der Waals surface area (Å²) >= 11 is 0. The van der Waals surface area contributed by atoms with Crippen molar-refractivity contribution in [3.63, 3.8) is 0 Å². The van der Waals surface area contributed by atoms with E-state index in [0.717, 1.165) is 51.0 Å². The van der Waals surface area contributed by atoms with E-state index in [1.807, 2.05) is 73.2 Å². The highest BCUT2D eigenvalue weighted by atomic mass is 16.2. The van der Waals surface area contributed by atoms with Crippen LogP contribution in [-0.2, 0) is 22.4 Å². The highest BCUT2D eigenvalue weighted by Gasteiger charge is 2.18. The summed E-state index contributed by atoms with van der Waals surface area (Å²) in [7, 11) is 0. The highest BCUT2D eigenvalue weighted by molar-refractivity contribution is 6.00. The molecule has 3 aromatic carbocycles. The smallest absolute Gasteiger partial charge is 0.228 e. The van der Waals surface area contributed by atoms with Crippen molar-refractivity contribution >= 4 is 34.0 Å². The predicted octanol–water partition coefficient (Wildman–Crippen LogP) is 6.03. The van der Waals surface area contributed by atoms with Gasteiger partial charge >= 0.3 is 0 Å². The quantitative estimate of drug-likeness (QED) is 0.320. The molecule has 180 valence electrons. The maximum absolute atomic E-state index is 11.4. The summed E-state index contributed by atoms with van der Waals surface area (Å²) in [6.45, 7) is 0. The number of hydrogen-bond acceptors (Lipinski definition) is 4. The molecule has 0 radical (unpaired) electrons. The molecular formula is C31H24N4O2. The molecule has 0 saturated carbocycles. The van der Waals surface area contributed by atoms with E-state index in [9.17, 15) is 9.59 Å². The van der Waals surface area contributed by atoms with Crippen LogP contribution < -0.4 is 10.6 Å². The fourth-order valence-corrected chi connectivity index (χ4v) is 4.84. The largest absolute Gasteiger partial charge is 0.326 e. The summed E-state index contributed by atoms with van der Waals surface area (Å²) in [5.74, 6) is 0.167. The summed E-state index contributed by atoms with van der Waals surface area (Å²) in [5.41, 5.74) is 8.57. The van der Waals surface area contributed by atoms with Gasteiger partial charge in [0.1, 0.15) is 0 Å². The first-order valence-electron chi connectivity index (χ1n) is 12.2. The number of pyridine rings is 2. The van der Waals surface area contributed by atoms with Gasteiger partial charge in [0.2, 0.25) is 11.8 Å². The number of aryl methyl sites for hydroxylation is 1. The van der Waals surface area contributed by atoms with Crippen LogP contribution >= 0.6 is 0 Å². The summed E-state index contributed by atoms with van der Waals surface area (Å²) in [4.78, 5) is 31.1. The van der Waals surface area contributed by atoms with E-state index in [1.165, 1.54) is 10.9 Å². The number of anilines is 2. The molecule has 2 N–H and O–H groups in total. The van der Waals surface area contributed by atoms with Gasteiger partial charge in [0.05, 0.1) is 6.42 Å². The summed E-state index contributed by atoms with van der Waals surface area (Å²) in [6, 6.07) is 24.4. The monoisotopic (exact) mass is 484 g/mol. The van der Waals surface area contributed by atoms with Gasteiger partial charge in [-0.2, -0.15) is 0 Å². The number of hydrogen-bond donors (Lipinski definition) is 2. The van der Waals surface area contributed by atoms with Crippen molar-refractivity contribution in [1.29, 1.82) is 0 Å². The van der Waals surface area contributed by atoms with E-state index in [4.69, 9.17) is 0 Å². The van der Waals surface area contributed by atoms with Gasteiger partial charge < -0.3 is 10.6 Å². The zero-order valence-electron chi connectivity index (χ0n) is 20.1. The second-order valence-electron chi connectivity index (χ2n) is 9.17. The Bertz CT molecular complexity index is 1640. The minimum atomic E-state index is 0.0679. The standard InChI is InChI=1S/C18H14N2O.C13H10N2O/c21-18-8-6-13-9-12(5-7-17(13)20-18)16-11-19-10-14-3-1-2-4-15(14)16;16-13-7-11-6-9(3-4-12(11)15-13)10-2-1-5-14-8-10/h1-5,7,9-11H,6,8H2,(H,20,21);1-6,8H,7H2,(H,15,16). The van der Waals surface area contributed by atoms with Crippen molar-refractivity contribution in [2.45, 2.75) is 19.3 Å². The van der Waals surface area contributed by atoms with E-state index in [-0.39, 0.29) is 11.8 Å². The zero-order valence-corrected chi connectivity index (χ0v) is 20.1. The number of amides is 2. The third-order valence-electron chi connectivity index (χ3n) is 6.71. The van der Waals surface area contributed by atoms with Gasteiger partial charge in [-0.25, -0.2) is 0 Å². The first kappa shape index (κ1) is 22.6. The molecule has 0 atom stereocenters. The number of rotatable bonds is 2. The van der Waals surface area contributed by atoms with E-state index >= 15 is 0 Å². The average molecular weight is 485 g/mol. The molecule has 0 fully saturated rings. The van der Waals surface area contributed by atoms with Crippen LogP contribution in [0.3, 0.4) is 0 Å². The topological polar surface area (TPSA) is 84.0 Å². The fourth-order valence-electron chi connectivity index (χ4n) is 4.84. The third-order valence-corrected chi connectivity index (χ3v) is 6.71. The molecule has 0 bridgehead atoms. The molecule has 2 aromatic heterocycles. The molecular weight excluding hydrogens is 460 g/mol. The van der Waals surface area contributed by atoms with Crippen molar-refractivity contribution in [1.82, 2.24) is 9.97 Å². The van der Waals surface area contributed by atoms with Crippen LogP contribution in [-0.4, -0.2) is 21.8 Å². The molecule has 7 rings (SSSR count). The fraction of sp³-hybridized carbons (Fsp3) is 0.0968. The molecule has 6 nitrogen and oxygen atoms in total. The number of carbonyl (C=O) groups is 2. The number of benzene rings is 3. The molecule has 2 amide bonds. The Morgan fingerprint density at radius 2 is 1.41 bits per heavy atom. The first-order chi connectivity index (χ1) is 18.1. The van der Waals surface area contributed by atoms with E-state index < -0.39 is 0 Å². The van der Waals surface area contributed by atoms with Crippen LogP contribution in [0.2, 0.25) is 0 Å². The minimum absolute atomic E-state index is 0.0679. The average Bonchev–Trinajstić information content (AvgIpc) is 3.32. The van der Waals surface area contributed by atoms with Crippen molar-refractivity contribution in [2.75, 3.05) is 10.6 Å². The maximum Gasteiger partial charge on any atom is 0.228 e. The molecule has 0 spiro atoms.